The van der Waals surface area contributed by atoms with Crippen molar-refractivity contribution < 1.29 is 21.6 Å². The molecule has 0 spiro atoms. The van der Waals surface area contributed by atoms with E-state index in [1.165, 1.54) is 60.7 Å². The fourth-order valence-electron chi connectivity index (χ4n) is 5.27. The van der Waals surface area contributed by atoms with Crippen molar-refractivity contribution in [1.82, 2.24) is 14.0 Å². The zero-order chi connectivity index (χ0) is 28.4. The van der Waals surface area contributed by atoms with Gasteiger partial charge in [0, 0.05) is 25.3 Å². The molecular weight excluding hydrogens is 548 g/mol. The number of hydrogen-bond acceptors (Lipinski definition) is 6. The quantitative estimate of drug-likeness (QED) is 0.498. The van der Waals surface area contributed by atoms with E-state index in [-0.39, 0.29) is 29.4 Å². The predicted octanol–water partition coefficient (Wildman–Crippen LogP) is 4.53. The fraction of sp³-hybridized carbons (Fsp3) is 0.517. The Bertz CT molecular complexity index is 1340. The van der Waals surface area contributed by atoms with E-state index in [0.717, 1.165) is 48.5 Å². The van der Waals surface area contributed by atoms with Crippen LogP contribution in [0.25, 0.3) is 0 Å². The monoisotopic (exact) mass is 588 g/mol. The number of sulfonamides is 2. The van der Waals surface area contributed by atoms with Gasteiger partial charge in [0.1, 0.15) is 6.04 Å². The molecule has 0 unspecified atom stereocenters. The smallest absolute Gasteiger partial charge is 0.259 e. The van der Waals surface area contributed by atoms with E-state index >= 15 is 0 Å². The van der Waals surface area contributed by atoms with E-state index in [1.54, 1.807) is 36.4 Å². The van der Waals surface area contributed by atoms with E-state index in [1.807, 2.05) is 0 Å². The third kappa shape index (κ3) is 7.78. The molecular formula is C29H40N4O5S2. The van der Waals surface area contributed by atoms with Crippen LogP contribution in [0, 0.1) is 0 Å². The molecule has 1 saturated carbocycles. The molecule has 2 fully saturated rings. The lowest BCUT2D eigenvalue weighted by Crippen LogP contribution is -2.60. The van der Waals surface area contributed by atoms with Crippen LogP contribution in [0.15, 0.2) is 75.6 Å². The Hall–Kier alpha value is -2.60. The maximum Gasteiger partial charge on any atom is 0.259 e. The zero-order valence-corrected chi connectivity index (χ0v) is 24.6. The molecule has 0 bridgehead atoms. The lowest BCUT2D eigenvalue weighted by atomic mass is 10.00. The number of hydrazone groups is 1. The normalized spacial score (nSPS) is 21.1. The number of rotatable bonds is 6. The molecule has 0 radical (unpaired) electrons. The van der Waals surface area contributed by atoms with Crippen LogP contribution in [-0.2, 0) is 24.8 Å². The number of nitrogens with one attached hydrogen (secondary N) is 1. The Kier molecular flexibility index (Phi) is 10.9. The van der Waals surface area contributed by atoms with E-state index in [0.29, 0.717) is 0 Å². The van der Waals surface area contributed by atoms with Gasteiger partial charge in [-0.2, -0.15) is 13.7 Å². The molecule has 2 aromatic carbocycles. The first-order chi connectivity index (χ1) is 19.3. The Morgan fingerprint density at radius 1 is 0.675 bits per heavy atom. The molecule has 11 heteroatoms. The second-order valence-electron chi connectivity index (χ2n) is 10.5. The Balaban J connectivity index is 1.57. The molecule has 1 aliphatic heterocycles. The van der Waals surface area contributed by atoms with Crippen molar-refractivity contribution in [3.05, 3.63) is 60.7 Å². The number of nitrogens with zero attached hydrogens (tertiary/aromatic N) is 3. The van der Waals surface area contributed by atoms with E-state index in [2.05, 4.69) is 10.5 Å². The molecule has 2 aromatic rings. The van der Waals surface area contributed by atoms with Crippen molar-refractivity contribution in [1.29, 1.82) is 0 Å². The van der Waals surface area contributed by atoms with Crippen molar-refractivity contribution >= 4 is 31.7 Å². The summed E-state index contributed by atoms with van der Waals surface area (Å²) in [6.07, 6.45) is 12.0. The van der Waals surface area contributed by atoms with Gasteiger partial charge in [-0.3, -0.25) is 4.79 Å². The van der Waals surface area contributed by atoms with E-state index < -0.39 is 32.0 Å². The van der Waals surface area contributed by atoms with Gasteiger partial charge < -0.3 is 0 Å². The maximum absolute atomic E-state index is 13.6. The van der Waals surface area contributed by atoms with Gasteiger partial charge in [-0.05, 0) is 49.9 Å². The van der Waals surface area contributed by atoms with Crippen molar-refractivity contribution in [3.8, 4) is 0 Å². The van der Waals surface area contributed by atoms with Crippen LogP contribution in [0.1, 0.15) is 70.6 Å². The average molecular weight is 589 g/mol. The van der Waals surface area contributed by atoms with Crippen LogP contribution in [0.4, 0.5) is 0 Å². The number of hydrogen-bond donors (Lipinski definition) is 1. The summed E-state index contributed by atoms with van der Waals surface area (Å²) in [6.45, 7) is -0.528. The summed E-state index contributed by atoms with van der Waals surface area (Å²) in [5, 5.41) is 4.45. The van der Waals surface area contributed by atoms with Crippen molar-refractivity contribution in [2.24, 2.45) is 5.10 Å². The molecule has 2 aliphatic rings. The second-order valence-corrected chi connectivity index (χ2v) is 14.3. The van der Waals surface area contributed by atoms with Crippen LogP contribution >= 0.6 is 0 Å². The molecule has 40 heavy (non-hydrogen) atoms. The van der Waals surface area contributed by atoms with Gasteiger partial charge in [-0.1, -0.05) is 81.3 Å². The number of carbonyl (C=O) groups excluding carboxylic acids is 1. The Labute approximate surface area is 238 Å². The summed E-state index contributed by atoms with van der Waals surface area (Å²) < 4.78 is 56.2. The topological polar surface area (TPSA) is 116 Å². The molecule has 4 rings (SSSR count). The van der Waals surface area contributed by atoms with Gasteiger partial charge in [0.25, 0.3) is 5.91 Å². The molecule has 1 saturated heterocycles. The highest BCUT2D eigenvalue weighted by atomic mass is 32.2. The van der Waals surface area contributed by atoms with Gasteiger partial charge >= 0.3 is 0 Å². The van der Waals surface area contributed by atoms with Gasteiger partial charge in [-0.15, -0.1) is 0 Å². The third-order valence-corrected chi connectivity index (χ3v) is 11.4. The number of benzene rings is 2. The molecule has 1 aliphatic carbocycles. The fourth-order valence-corrected chi connectivity index (χ4v) is 8.32. The Morgan fingerprint density at radius 2 is 1.15 bits per heavy atom. The van der Waals surface area contributed by atoms with Gasteiger partial charge in [0.05, 0.1) is 9.79 Å². The Morgan fingerprint density at radius 3 is 1.68 bits per heavy atom. The molecule has 1 amide bonds. The molecule has 9 nitrogen and oxygen atoms in total. The zero-order valence-electron chi connectivity index (χ0n) is 22.9. The van der Waals surface area contributed by atoms with Gasteiger partial charge in [-0.25, -0.2) is 22.3 Å². The highest BCUT2D eigenvalue weighted by Gasteiger charge is 2.43. The minimum atomic E-state index is -4.06. The first kappa shape index (κ1) is 30.4. The average Bonchev–Trinajstić information content (AvgIpc) is 2.97. The predicted molar refractivity (Wildman–Crippen MR) is 156 cm³/mol. The second kappa shape index (κ2) is 14.3. The molecule has 218 valence electrons. The van der Waals surface area contributed by atoms with Crippen LogP contribution in [0.3, 0.4) is 0 Å². The first-order valence-corrected chi connectivity index (χ1v) is 17.2. The molecule has 1 N–H and O–H groups in total. The standard InChI is InChI=1S/C29H40N4O5S2/c34-29(31-30-25-16-10-6-4-2-1-3-5-7-11-17-25)28-24-32(39(35,36)26-18-12-8-13-19-26)22-23-33(28)40(37,38)27-20-14-9-15-21-27/h8-9,12-15,18-21,28H,1-7,10-11,16-17,22-24H2,(H,31,34)/t28-/m1/s1. The third-order valence-electron chi connectivity index (χ3n) is 7.58. The lowest BCUT2D eigenvalue weighted by Gasteiger charge is -2.38. The largest absolute Gasteiger partial charge is 0.271 e. The highest BCUT2D eigenvalue weighted by Crippen LogP contribution is 2.25. The highest BCUT2D eigenvalue weighted by molar-refractivity contribution is 7.89. The SMILES string of the molecule is O=C(NN=C1CCCCCCCCCCC1)[C@H]1CN(S(=O)(=O)c2ccccc2)CCN1S(=O)(=O)c1ccccc1. The summed E-state index contributed by atoms with van der Waals surface area (Å²) in [5.74, 6) is -0.633. The minimum absolute atomic E-state index is 0.0535. The summed E-state index contributed by atoms with van der Waals surface area (Å²) >= 11 is 0. The summed E-state index contributed by atoms with van der Waals surface area (Å²) in [4.78, 5) is 13.7. The first-order valence-electron chi connectivity index (χ1n) is 14.3. The number of carbonyl (C=O) groups is 1. The van der Waals surface area contributed by atoms with Crippen LogP contribution in [-0.4, -0.2) is 62.7 Å². The summed E-state index contributed by atoms with van der Waals surface area (Å²) in [6, 6.07) is 14.6. The van der Waals surface area contributed by atoms with Crippen molar-refractivity contribution in [2.75, 3.05) is 19.6 Å². The van der Waals surface area contributed by atoms with E-state index in [9.17, 15) is 21.6 Å². The van der Waals surface area contributed by atoms with E-state index in [4.69, 9.17) is 0 Å². The van der Waals surface area contributed by atoms with Crippen LogP contribution in [0.2, 0.25) is 0 Å². The number of piperazine rings is 1. The van der Waals surface area contributed by atoms with Gasteiger partial charge in [0.2, 0.25) is 20.0 Å². The van der Waals surface area contributed by atoms with Crippen molar-refractivity contribution in [2.45, 2.75) is 86.5 Å². The number of amides is 1. The maximum atomic E-state index is 13.6. The molecule has 0 aromatic heterocycles. The molecule has 1 atom stereocenters. The lowest BCUT2D eigenvalue weighted by molar-refractivity contribution is -0.125. The summed E-state index contributed by atoms with van der Waals surface area (Å²) in [5.41, 5.74) is 3.52. The summed E-state index contributed by atoms with van der Waals surface area (Å²) in [7, 11) is -7.98. The van der Waals surface area contributed by atoms with Crippen LogP contribution in [0.5, 0.6) is 0 Å². The van der Waals surface area contributed by atoms with Gasteiger partial charge in [0.15, 0.2) is 0 Å². The van der Waals surface area contributed by atoms with Crippen molar-refractivity contribution in [3.63, 3.8) is 0 Å². The molecule has 1 heterocycles. The minimum Gasteiger partial charge on any atom is -0.271 e. The van der Waals surface area contributed by atoms with Crippen LogP contribution < -0.4 is 5.43 Å².